The van der Waals surface area contributed by atoms with Crippen molar-refractivity contribution in [3.05, 3.63) is 59.9 Å². The summed E-state index contributed by atoms with van der Waals surface area (Å²) >= 11 is 0. The van der Waals surface area contributed by atoms with Crippen molar-refractivity contribution >= 4 is 5.91 Å². The first-order valence-corrected chi connectivity index (χ1v) is 8.70. The molecule has 0 bridgehead atoms. The molecule has 1 aromatic carbocycles. The molecule has 2 unspecified atom stereocenters. The predicted molar refractivity (Wildman–Crippen MR) is 91.8 cm³/mol. The van der Waals surface area contributed by atoms with Gasteiger partial charge in [0.1, 0.15) is 6.04 Å². The molecule has 1 fully saturated rings. The van der Waals surface area contributed by atoms with Crippen molar-refractivity contribution in [1.82, 2.24) is 20.1 Å². The summed E-state index contributed by atoms with van der Waals surface area (Å²) in [6.07, 6.45) is 5.60. The molecule has 0 radical (unpaired) electrons. The molecule has 132 valence electrons. The Labute approximate surface area is 150 Å². The van der Waals surface area contributed by atoms with Crippen molar-refractivity contribution in [2.45, 2.75) is 19.0 Å². The largest absolute Gasteiger partial charge is 0.446 e. The van der Waals surface area contributed by atoms with Crippen molar-refractivity contribution in [2.75, 3.05) is 13.2 Å². The van der Waals surface area contributed by atoms with Crippen LogP contribution in [0.15, 0.2) is 47.5 Å². The van der Waals surface area contributed by atoms with Gasteiger partial charge in [0.2, 0.25) is 5.91 Å². The van der Waals surface area contributed by atoms with Crippen LogP contribution in [0.1, 0.15) is 29.3 Å². The highest BCUT2D eigenvalue weighted by Crippen LogP contribution is 2.41. The second kappa shape index (κ2) is 6.10. The number of ether oxygens (including phenoxy) is 1. The number of oxazole rings is 1. The van der Waals surface area contributed by atoms with Crippen LogP contribution < -0.4 is 0 Å². The normalized spacial score (nSPS) is 21.9. The SMILES string of the molecule is O=C(C1CCOC1)N1Cc2cc(-c3ccn[nH]3)ccc2C1c1cnco1. The standard InChI is InChI=1S/C19H18N4O3/c24-19(13-4-6-25-10-13)23-9-14-7-12(16-3-5-21-22-16)1-2-15(14)18(23)17-8-20-11-26-17/h1-3,5,7-8,11,13,18H,4,6,9-10H2,(H,21,22). The lowest BCUT2D eigenvalue weighted by atomic mass is 9.99. The van der Waals surface area contributed by atoms with E-state index in [1.807, 2.05) is 17.0 Å². The highest BCUT2D eigenvalue weighted by atomic mass is 16.5. The fourth-order valence-corrected chi connectivity index (χ4v) is 3.87. The summed E-state index contributed by atoms with van der Waals surface area (Å²) in [6, 6.07) is 7.92. The smallest absolute Gasteiger partial charge is 0.229 e. The number of H-pyrrole nitrogens is 1. The number of benzene rings is 1. The first kappa shape index (κ1) is 15.3. The topological polar surface area (TPSA) is 84.2 Å². The van der Waals surface area contributed by atoms with Crippen LogP contribution in [0.2, 0.25) is 0 Å². The van der Waals surface area contributed by atoms with E-state index in [9.17, 15) is 4.79 Å². The molecule has 0 saturated carbocycles. The van der Waals surface area contributed by atoms with Crippen LogP contribution in [0, 0.1) is 5.92 Å². The van der Waals surface area contributed by atoms with Crippen LogP contribution >= 0.6 is 0 Å². The minimum absolute atomic E-state index is 0.0817. The maximum Gasteiger partial charge on any atom is 0.229 e. The van der Waals surface area contributed by atoms with Crippen molar-refractivity contribution in [2.24, 2.45) is 5.92 Å². The summed E-state index contributed by atoms with van der Waals surface area (Å²) < 4.78 is 11.0. The highest BCUT2D eigenvalue weighted by Gasteiger charge is 2.40. The molecule has 2 aromatic heterocycles. The molecular weight excluding hydrogens is 332 g/mol. The molecule has 0 spiro atoms. The zero-order chi connectivity index (χ0) is 17.5. The minimum atomic E-state index is -0.239. The van der Waals surface area contributed by atoms with Crippen LogP contribution in [0.5, 0.6) is 0 Å². The molecule has 3 aromatic rings. The summed E-state index contributed by atoms with van der Waals surface area (Å²) in [5, 5.41) is 7.00. The van der Waals surface area contributed by atoms with E-state index in [0.29, 0.717) is 25.5 Å². The number of amides is 1. The van der Waals surface area contributed by atoms with Gasteiger partial charge in [-0.3, -0.25) is 9.89 Å². The number of aromatic amines is 1. The molecule has 2 atom stereocenters. The van der Waals surface area contributed by atoms with E-state index < -0.39 is 0 Å². The van der Waals surface area contributed by atoms with Crippen LogP contribution in [-0.2, 0) is 16.1 Å². The van der Waals surface area contributed by atoms with Crippen LogP contribution in [-0.4, -0.2) is 39.2 Å². The van der Waals surface area contributed by atoms with Crippen LogP contribution in [0.4, 0.5) is 0 Å². The number of hydrogen-bond acceptors (Lipinski definition) is 5. The summed E-state index contributed by atoms with van der Waals surface area (Å²) in [7, 11) is 0. The molecule has 7 nitrogen and oxygen atoms in total. The monoisotopic (exact) mass is 350 g/mol. The van der Waals surface area contributed by atoms with Gasteiger partial charge in [-0.25, -0.2) is 4.98 Å². The fourth-order valence-electron chi connectivity index (χ4n) is 3.87. The average Bonchev–Trinajstić information content (AvgIpc) is 3.47. The van der Waals surface area contributed by atoms with Gasteiger partial charge >= 0.3 is 0 Å². The Morgan fingerprint density at radius 3 is 3.00 bits per heavy atom. The fraction of sp³-hybridized carbons (Fsp3) is 0.316. The second-order valence-electron chi connectivity index (χ2n) is 6.72. The zero-order valence-corrected chi connectivity index (χ0v) is 14.1. The average molecular weight is 350 g/mol. The van der Waals surface area contributed by atoms with Gasteiger partial charge in [-0.05, 0) is 35.2 Å². The van der Waals surface area contributed by atoms with E-state index in [1.54, 1.807) is 12.4 Å². The van der Waals surface area contributed by atoms with E-state index >= 15 is 0 Å². The highest BCUT2D eigenvalue weighted by molar-refractivity contribution is 5.81. The van der Waals surface area contributed by atoms with Gasteiger partial charge < -0.3 is 14.1 Å². The maximum absolute atomic E-state index is 13.1. The van der Waals surface area contributed by atoms with Crippen molar-refractivity contribution in [1.29, 1.82) is 0 Å². The molecule has 26 heavy (non-hydrogen) atoms. The Bertz CT molecular complexity index is 914. The number of aromatic nitrogens is 3. The van der Waals surface area contributed by atoms with Crippen molar-refractivity contribution < 1.29 is 13.9 Å². The van der Waals surface area contributed by atoms with Gasteiger partial charge in [0.25, 0.3) is 0 Å². The van der Waals surface area contributed by atoms with Gasteiger partial charge in [0, 0.05) is 19.3 Å². The van der Waals surface area contributed by atoms with Crippen LogP contribution in [0.3, 0.4) is 0 Å². The Morgan fingerprint density at radius 2 is 2.27 bits per heavy atom. The number of hydrogen-bond donors (Lipinski definition) is 1. The second-order valence-corrected chi connectivity index (χ2v) is 6.72. The summed E-state index contributed by atoms with van der Waals surface area (Å²) in [5.41, 5.74) is 4.21. The minimum Gasteiger partial charge on any atom is -0.446 e. The summed E-state index contributed by atoms with van der Waals surface area (Å²) in [4.78, 5) is 19.0. The Hall–Kier alpha value is -2.93. The molecule has 1 amide bonds. The Kier molecular flexibility index (Phi) is 3.60. The summed E-state index contributed by atoms with van der Waals surface area (Å²) in [6.45, 7) is 1.69. The molecule has 4 heterocycles. The summed E-state index contributed by atoms with van der Waals surface area (Å²) in [5.74, 6) is 0.718. The lowest BCUT2D eigenvalue weighted by Gasteiger charge is -2.25. The number of nitrogens with one attached hydrogen (secondary N) is 1. The molecule has 1 saturated heterocycles. The number of carbonyl (C=O) groups excluding carboxylic acids is 1. The predicted octanol–water partition coefficient (Wildman–Crippen LogP) is 2.53. The van der Waals surface area contributed by atoms with E-state index in [-0.39, 0.29) is 17.9 Å². The lowest BCUT2D eigenvalue weighted by Crippen LogP contribution is -2.35. The van der Waals surface area contributed by atoms with Crippen molar-refractivity contribution in [3.63, 3.8) is 0 Å². The quantitative estimate of drug-likeness (QED) is 0.785. The van der Waals surface area contributed by atoms with E-state index in [0.717, 1.165) is 28.8 Å². The third-order valence-electron chi connectivity index (χ3n) is 5.18. The molecule has 7 heteroatoms. The lowest BCUT2D eigenvalue weighted by molar-refractivity contribution is -0.137. The van der Waals surface area contributed by atoms with Gasteiger partial charge in [0.05, 0.1) is 24.4 Å². The van der Waals surface area contributed by atoms with Gasteiger partial charge in [-0.15, -0.1) is 0 Å². The molecule has 5 rings (SSSR count). The van der Waals surface area contributed by atoms with E-state index in [2.05, 4.69) is 27.3 Å². The molecule has 2 aliphatic rings. The molecule has 1 N–H and O–H groups in total. The van der Waals surface area contributed by atoms with Gasteiger partial charge in [-0.1, -0.05) is 12.1 Å². The number of carbonyl (C=O) groups is 1. The van der Waals surface area contributed by atoms with E-state index in [4.69, 9.17) is 9.15 Å². The Morgan fingerprint density at radius 1 is 1.31 bits per heavy atom. The first-order chi connectivity index (χ1) is 12.8. The van der Waals surface area contributed by atoms with Gasteiger partial charge in [0.15, 0.2) is 12.2 Å². The number of fused-ring (bicyclic) bond motifs is 1. The maximum atomic E-state index is 13.1. The van der Waals surface area contributed by atoms with Crippen LogP contribution in [0.25, 0.3) is 11.3 Å². The van der Waals surface area contributed by atoms with Crippen molar-refractivity contribution in [3.8, 4) is 11.3 Å². The molecule has 2 aliphatic heterocycles. The van der Waals surface area contributed by atoms with Gasteiger partial charge in [-0.2, -0.15) is 5.10 Å². The number of rotatable bonds is 3. The third-order valence-corrected chi connectivity index (χ3v) is 5.18. The van der Waals surface area contributed by atoms with E-state index in [1.165, 1.54) is 6.39 Å². The third kappa shape index (κ3) is 2.43. The zero-order valence-electron chi connectivity index (χ0n) is 14.1. The Balaban J connectivity index is 1.54. The number of nitrogens with zero attached hydrogens (tertiary/aromatic N) is 3. The first-order valence-electron chi connectivity index (χ1n) is 8.70. The molecule has 0 aliphatic carbocycles. The molecular formula is C19H18N4O3.